The summed E-state index contributed by atoms with van der Waals surface area (Å²) in [6.45, 7) is 3.89. The fourth-order valence-electron chi connectivity index (χ4n) is 2.74. The van der Waals surface area contributed by atoms with E-state index in [1.54, 1.807) is 0 Å². The molecule has 0 bridgehead atoms. The standard InChI is InChI=1S/C18H26N2O4/c1-5-8-11-16(21)19-13(9-6-2)18(23)20-14(10-7-3)15(24-4)12-17(20)22/h1,12-14H,6-11H2,2-4H3,(H,19,21)/t13-,14-/m1/s1. The Morgan fingerprint density at radius 1 is 1.42 bits per heavy atom. The number of nitrogens with one attached hydrogen (secondary N) is 1. The van der Waals surface area contributed by atoms with E-state index in [1.165, 1.54) is 18.1 Å². The summed E-state index contributed by atoms with van der Waals surface area (Å²) in [4.78, 5) is 38.2. The van der Waals surface area contributed by atoms with Crippen molar-refractivity contribution in [3.63, 3.8) is 0 Å². The Labute approximate surface area is 143 Å². The summed E-state index contributed by atoms with van der Waals surface area (Å²) < 4.78 is 5.24. The lowest BCUT2D eigenvalue weighted by Crippen LogP contribution is -2.52. The summed E-state index contributed by atoms with van der Waals surface area (Å²) in [5.41, 5.74) is 0. The van der Waals surface area contributed by atoms with Gasteiger partial charge in [0.15, 0.2) is 0 Å². The quantitative estimate of drug-likeness (QED) is 0.652. The van der Waals surface area contributed by atoms with Crippen LogP contribution in [0.25, 0.3) is 0 Å². The zero-order valence-electron chi connectivity index (χ0n) is 14.6. The van der Waals surface area contributed by atoms with E-state index in [2.05, 4.69) is 11.2 Å². The molecule has 6 nitrogen and oxygen atoms in total. The first-order chi connectivity index (χ1) is 11.5. The average molecular weight is 334 g/mol. The molecular formula is C18H26N2O4. The van der Waals surface area contributed by atoms with Gasteiger partial charge in [-0.2, -0.15) is 0 Å². The van der Waals surface area contributed by atoms with E-state index in [-0.39, 0.29) is 12.3 Å². The van der Waals surface area contributed by atoms with Crippen LogP contribution in [0.2, 0.25) is 0 Å². The van der Waals surface area contributed by atoms with Gasteiger partial charge in [-0.1, -0.05) is 26.7 Å². The zero-order chi connectivity index (χ0) is 18.1. The molecule has 0 saturated carbocycles. The van der Waals surface area contributed by atoms with E-state index in [1.807, 2.05) is 13.8 Å². The maximum atomic E-state index is 12.9. The Bertz CT molecular complexity index is 548. The molecule has 0 fully saturated rings. The molecule has 3 amide bonds. The maximum absolute atomic E-state index is 12.9. The summed E-state index contributed by atoms with van der Waals surface area (Å²) in [6, 6.07) is -1.13. The smallest absolute Gasteiger partial charge is 0.257 e. The van der Waals surface area contributed by atoms with Gasteiger partial charge in [-0.05, 0) is 12.8 Å². The topological polar surface area (TPSA) is 75.7 Å². The van der Waals surface area contributed by atoms with Crippen LogP contribution in [0.15, 0.2) is 11.8 Å². The molecule has 1 heterocycles. The number of amides is 3. The van der Waals surface area contributed by atoms with Gasteiger partial charge in [0.2, 0.25) is 5.91 Å². The summed E-state index contributed by atoms with van der Waals surface area (Å²) in [5.74, 6) is 1.82. The zero-order valence-corrected chi connectivity index (χ0v) is 14.6. The van der Waals surface area contributed by atoms with Crippen molar-refractivity contribution in [2.24, 2.45) is 0 Å². The molecule has 0 aromatic rings. The lowest BCUT2D eigenvalue weighted by Gasteiger charge is -2.28. The number of hydrogen-bond acceptors (Lipinski definition) is 4. The van der Waals surface area contributed by atoms with Crippen molar-refractivity contribution in [2.75, 3.05) is 7.11 Å². The minimum atomic E-state index is -0.729. The first kappa shape index (κ1) is 19.8. The lowest BCUT2D eigenvalue weighted by atomic mass is 10.1. The molecule has 6 heteroatoms. The Morgan fingerprint density at radius 2 is 2.12 bits per heavy atom. The maximum Gasteiger partial charge on any atom is 0.257 e. The van der Waals surface area contributed by atoms with E-state index in [4.69, 9.17) is 11.2 Å². The number of methoxy groups -OCH3 is 1. The number of hydrogen-bond donors (Lipinski definition) is 1. The van der Waals surface area contributed by atoms with Crippen molar-refractivity contribution in [2.45, 2.75) is 64.5 Å². The van der Waals surface area contributed by atoms with Crippen LogP contribution in [0.5, 0.6) is 0 Å². The van der Waals surface area contributed by atoms with Crippen LogP contribution in [0, 0.1) is 12.3 Å². The van der Waals surface area contributed by atoms with Crippen molar-refractivity contribution in [1.29, 1.82) is 0 Å². The molecular weight excluding hydrogens is 308 g/mol. The van der Waals surface area contributed by atoms with Crippen LogP contribution in [0.3, 0.4) is 0 Å². The first-order valence-corrected chi connectivity index (χ1v) is 8.35. The monoisotopic (exact) mass is 334 g/mol. The van der Waals surface area contributed by atoms with Crippen LogP contribution in [0.4, 0.5) is 0 Å². The third-order valence-corrected chi connectivity index (χ3v) is 3.89. The fourth-order valence-corrected chi connectivity index (χ4v) is 2.74. The minimum absolute atomic E-state index is 0.165. The minimum Gasteiger partial charge on any atom is -0.499 e. The summed E-state index contributed by atoms with van der Waals surface area (Å²) >= 11 is 0. The normalized spacial score (nSPS) is 17.9. The molecule has 24 heavy (non-hydrogen) atoms. The van der Waals surface area contributed by atoms with Gasteiger partial charge in [0.05, 0.1) is 13.2 Å². The highest BCUT2D eigenvalue weighted by Gasteiger charge is 2.40. The van der Waals surface area contributed by atoms with Crippen molar-refractivity contribution < 1.29 is 19.1 Å². The molecule has 0 unspecified atom stereocenters. The van der Waals surface area contributed by atoms with Crippen molar-refractivity contribution in [3.8, 4) is 12.3 Å². The molecule has 1 aliphatic rings. The molecule has 0 aliphatic carbocycles. The largest absolute Gasteiger partial charge is 0.499 e. The van der Waals surface area contributed by atoms with Gasteiger partial charge in [0.25, 0.3) is 11.8 Å². The molecule has 132 valence electrons. The van der Waals surface area contributed by atoms with E-state index in [0.29, 0.717) is 31.4 Å². The predicted octanol–water partition coefficient (Wildman–Crippen LogP) is 1.75. The van der Waals surface area contributed by atoms with Gasteiger partial charge >= 0.3 is 0 Å². The van der Waals surface area contributed by atoms with E-state index in [9.17, 15) is 14.4 Å². The van der Waals surface area contributed by atoms with Gasteiger partial charge in [-0.15, -0.1) is 12.3 Å². The first-order valence-electron chi connectivity index (χ1n) is 8.35. The Hall–Kier alpha value is -2.29. The van der Waals surface area contributed by atoms with E-state index >= 15 is 0 Å². The molecule has 0 radical (unpaired) electrons. The number of carbonyl (C=O) groups is 3. The SMILES string of the molecule is C#CCCC(=O)N[C@H](CCC)C(=O)N1C(=O)C=C(OC)[C@H]1CCC. The number of nitrogens with zero attached hydrogens (tertiary/aromatic N) is 1. The van der Waals surface area contributed by atoms with Crippen LogP contribution in [-0.4, -0.2) is 41.8 Å². The molecule has 2 atom stereocenters. The number of terminal acetylenes is 1. The van der Waals surface area contributed by atoms with Crippen LogP contribution in [-0.2, 0) is 19.1 Å². The molecule has 1 aliphatic heterocycles. The second kappa shape index (κ2) is 9.76. The molecule has 0 aromatic heterocycles. The van der Waals surface area contributed by atoms with Crippen LogP contribution in [0.1, 0.15) is 52.4 Å². The highest BCUT2D eigenvalue weighted by Crippen LogP contribution is 2.25. The summed E-state index contributed by atoms with van der Waals surface area (Å²) in [5, 5.41) is 2.70. The number of carbonyl (C=O) groups excluding carboxylic acids is 3. The Kier molecular flexibility index (Phi) is 8.03. The second-order valence-electron chi connectivity index (χ2n) is 5.71. The molecule has 0 aromatic carbocycles. The predicted molar refractivity (Wildman–Crippen MR) is 90.5 cm³/mol. The molecule has 1 N–H and O–H groups in total. The van der Waals surface area contributed by atoms with Gasteiger partial charge < -0.3 is 10.1 Å². The Morgan fingerprint density at radius 3 is 2.67 bits per heavy atom. The molecule has 1 rings (SSSR count). The molecule has 0 spiro atoms. The average Bonchev–Trinajstić information content (AvgIpc) is 2.87. The van der Waals surface area contributed by atoms with E-state index in [0.717, 1.165) is 6.42 Å². The van der Waals surface area contributed by atoms with Crippen molar-refractivity contribution in [1.82, 2.24) is 10.2 Å². The number of ether oxygens (including phenoxy) is 1. The fraction of sp³-hybridized carbons (Fsp3) is 0.611. The van der Waals surface area contributed by atoms with Gasteiger partial charge in [-0.3, -0.25) is 19.3 Å². The summed E-state index contributed by atoms with van der Waals surface area (Å²) in [7, 11) is 1.49. The number of rotatable bonds is 9. The third kappa shape index (κ3) is 4.85. The van der Waals surface area contributed by atoms with Crippen molar-refractivity contribution >= 4 is 17.7 Å². The van der Waals surface area contributed by atoms with Crippen LogP contribution < -0.4 is 5.32 Å². The van der Waals surface area contributed by atoms with Gasteiger partial charge in [0.1, 0.15) is 11.8 Å². The van der Waals surface area contributed by atoms with Crippen molar-refractivity contribution in [3.05, 3.63) is 11.8 Å². The lowest BCUT2D eigenvalue weighted by molar-refractivity contribution is -0.146. The highest BCUT2D eigenvalue weighted by atomic mass is 16.5. The summed E-state index contributed by atoms with van der Waals surface area (Å²) in [6.07, 6.45) is 9.58. The van der Waals surface area contributed by atoms with Gasteiger partial charge in [0, 0.05) is 18.9 Å². The van der Waals surface area contributed by atoms with E-state index < -0.39 is 23.9 Å². The van der Waals surface area contributed by atoms with Gasteiger partial charge in [-0.25, -0.2) is 0 Å². The number of imide groups is 1. The third-order valence-electron chi connectivity index (χ3n) is 3.89. The Balaban J connectivity index is 2.90. The highest BCUT2D eigenvalue weighted by molar-refractivity contribution is 6.06. The second-order valence-corrected chi connectivity index (χ2v) is 5.71. The van der Waals surface area contributed by atoms with Crippen LogP contribution >= 0.6 is 0 Å². The molecule has 0 saturated heterocycles.